The van der Waals surface area contributed by atoms with E-state index < -0.39 is 0 Å². The molecule has 0 fully saturated rings. The zero-order valence-corrected chi connectivity index (χ0v) is 9.38. The third-order valence-corrected chi connectivity index (χ3v) is 2.70. The third-order valence-electron chi connectivity index (χ3n) is 1.66. The Bertz CT molecular complexity index is 253. The van der Waals surface area contributed by atoms with Gasteiger partial charge in [0.2, 0.25) is 0 Å². The van der Waals surface area contributed by atoms with E-state index in [1.807, 2.05) is 11.6 Å². The molecular weight excluding hydrogens is 200 g/mol. The van der Waals surface area contributed by atoms with Crippen molar-refractivity contribution in [2.45, 2.75) is 5.16 Å². The maximum Gasteiger partial charge on any atom is 0.190 e. The molecule has 0 aliphatic heterocycles. The van der Waals surface area contributed by atoms with Crippen molar-refractivity contribution in [1.29, 1.82) is 0 Å². The molecule has 1 heterocycles. The van der Waals surface area contributed by atoms with Crippen molar-refractivity contribution < 1.29 is 4.74 Å². The molecule has 0 radical (unpaired) electrons. The van der Waals surface area contributed by atoms with Gasteiger partial charge in [-0.05, 0) is 0 Å². The van der Waals surface area contributed by atoms with Gasteiger partial charge in [0.15, 0.2) is 5.16 Å². The van der Waals surface area contributed by atoms with Gasteiger partial charge in [-0.1, -0.05) is 11.8 Å². The van der Waals surface area contributed by atoms with Crippen molar-refractivity contribution in [2.75, 3.05) is 32.6 Å². The first-order valence-electron chi connectivity index (χ1n) is 4.51. The van der Waals surface area contributed by atoms with Crippen LogP contribution in [0.4, 0.5) is 0 Å². The summed E-state index contributed by atoms with van der Waals surface area (Å²) in [5, 5.41) is 12.0. The van der Waals surface area contributed by atoms with Crippen LogP contribution in [0.5, 0.6) is 0 Å². The molecule has 0 aliphatic rings. The van der Waals surface area contributed by atoms with Crippen molar-refractivity contribution in [1.82, 2.24) is 20.1 Å². The molecule has 14 heavy (non-hydrogen) atoms. The number of nitrogens with one attached hydrogen (secondary N) is 1. The molecule has 0 aromatic carbocycles. The SMILES string of the molecule is COCCNCCSc1nncn1C. The molecule has 1 aromatic rings. The molecule has 5 nitrogen and oxygen atoms in total. The van der Waals surface area contributed by atoms with E-state index in [1.165, 1.54) is 0 Å². The lowest BCUT2D eigenvalue weighted by Crippen LogP contribution is -2.21. The largest absolute Gasteiger partial charge is 0.383 e. The van der Waals surface area contributed by atoms with Crippen LogP contribution in [0.15, 0.2) is 11.5 Å². The van der Waals surface area contributed by atoms with Crippen LogP contribution in [0, 0.1) is 0 Å². The molecule has 0 aliphatic carbocycles. The van der Waals surface area contributed by atoms with Crippen LogP contribution in [0.1, 0.15) is 0 Å². The molecule has 80 valence electrons. The lowest BCUT2D eigenvalue weighted by molar-refractivity contribution is 0.200. The molecule has 0 spiro atoms. The highest BCUT2D eigenvalue weighted by Gasteiger charge is 1.99. The van der Waals surface area contributed by atoms with Crippen molar-refractivity contribution in [2.24, 2.45) is 7.05 Å². The molecular formula is C8H16N4OS. The smallest absolute Gasteiger partial charge is 0.190 e. The number of rotatable bonds is 7. The van der Waals surface area contributed by atoms with Gasteiger partial charge in [-0.2, -0.15) is 0 Å². The Morgan fingerprint density at radius 3 is 3.07 bits per heavy atom. The summed E-state index contributed by atoms with van der Waals surface area (Å²) in [7, 11) is 3.65. The summed E-state index contributed by atoms with van der Waals surface area (Å²) in [5.41, 5.74) is 0. The Morgan fingerprint density at radius 1 is 1.57 bits per heavy atom. The molecule has 0 atom stereocenters. The second-order valence-electron chi connectivity index (χ2n) is 2.82. The van der Waals surface area contributed by atoms with E-state index in [-0.39, 0.29) is 0 Å². The maximum atomic E-state index is 4.92. The fourth-order valence-electron chi connectivity index (χ4n) is 0.917. The second-order valence-corrected chi connectivity index (χ2v) is 3.88. The predicted octanol–water partition coefficient (Wildman–Crippen LogP) is 0.143. The summed E-state index contributed by atoms with van der Waals surface area (Å²) < 4.78 is 6.83. The minimum Gasteiger partial charge on any atom is -0.383 e. The van der Waals surface area contributed by atoms with Crippen LogP contribution < -0.4 is 5.32 Å². The monoisotopic (exact) mass is 216 g/mol. The molecule has 0 bridgehead atoms. The van der Waals surface area contributed by atoms with Gasteiger partial charge in [-0.15, -0.1) is 10.2 Å². The quantitative estimate of drug-likeness (QED) is 0.519. The summed E-state index contributed by atoms with van der Waals surface area (Å²) in [6.07, 6.45) is 1.71. The first kappa shape index (κ1) is 11.5. The molecule has 1 rings (SSSR count). The number of hydrogen-bond donors (Lipinski definition) is 1. The van der Waals surface area contributed by atoms with Gasteiger partial charge in [0.1, 0.15) is 6.33 Å². The van der Waals surface area contributed by atoms with Crippen LogP contribution in [-0.2, 0) is 11.8 Å². The first-order chi connectivity index (χ1) is 6.84. The number of ether oxygens (including phenoxy) is 1. The zero-order valence-electron chi connectivity index (χ0n) is 8.56. The Morgan fingerprint density at radius 2 is 2.43 bits per heavy atom. The molecule has 0 unspecified atom stereocenters. The number of hydrogen-bond acceptors (Lipinski definition) is 5. The highest BCUT2D eigenvalue weighted by atomic mass is 32.2. The van der Waals surface area contributed by atoms with Gasteiger partial charge in [0.05, 0.1) is 6.61 Å². The Labute approximate surface area is 88.2 Å². The lowest BCUT2D eigenvalue weighted by atomic mass is 10.6. The minimum atomic E-state index is 0.759. The van der Waals surface area contributed by atoms with E-state index in [4.69, 9.17) is 4.74 Å². The normalized spacial score (nSPS) is 10.7. The first-order valence-corrected chi connectivity index (χ1v) is 5.49. The van der Waals surface area contributed by atoms with Crippen molar-refractivity contribution >= 4 is 11.8 Å². The maximum absolute atomic E-state index is 4.92. The number of aromatic nitrogens is 3. The van der Waals surface area contributed by atoms with E-state index in [9.17, 15) is 0 Å². The average Bonchev–Trinajstić information content (AvgIpc) is 2.58. The fraction of sp³-hybridized carbons (Fsp3) is 0.750. The van der Waals surface area contributed by atoms with Crippen molar-refractivity contribution in [3.8, 4) is 0 Å². The average molecular weight is 216 g/mol. The molecule has 1 aromatic heterocycles. The molecule has 6 heteroatoms. The molecule has 0 amide bonds. The van der Waals surface area contributed by atoms with Crippen LogP contribution in [-0.4, -0.2) is 47.3 Å². The number of methoxy groups -OCH3 is 1. The molecule has 0 saturated carbocycles. The van der Waals surface area contributed by atoms with Crippen LogP contribution in [0.3, 0.4) is 0 Å². The Balaban J connectivity index is 2.02. The van der Waals surface area contributed by atoms with Gasteiger partial charge in [0, 0.05) is 33.0 Å². The number of nitrogens with zero attached hydrogens (tertiary/aromatic N) is 3. The van der Waals surface area contributed by atoms with Gasteiger partial charge in [-0.3, -0.25) is 0 Å². The van der Waals surface area contributed by atoms with Crippen molar-refractivity contribution in [3.05, 3.63) is 6.33 Å². The number of aryl methyl sites for hydroxylation is 1. The minimum absolute atomic E-state index is 0.759. The summed E-state index contributed by atoms with van der Waals surface area (Å²) >= 11 is 1.70. The highest BCUT2D eigenvalue weighted by Crippen LogP contribution is 2.11. The zero-order chi connectivity index (χ0) is 10.2. The Hall–Kier alpha value is -0.590. The van der Waals surface area contributed by atoms with E-state index in [1.54, 1.807) is 25.2 Å². The summed E-state index contributed by atoms with van der Waals surface area (Å²) in [5.74, 6) is 0.996. The highest BCUT2D eigenvalue weighted by molar-refractivity contribution is 7.99. The van der Waals surface area contributed by atoms with Gasteiger partial charge in [-0.25, -0.2) is 0 Å². The summed E-state index contributed by atoms with van der Waals surface area (Å²) in [6.45, 7) is 2.62. The topological polar surface area (TPSA) is 52.0 Å². The van der Waals surface area contributed by atoms with E-state index in [0.717, 1.165) is 30.6 Å². The fourth-order valence-corrected chi connectivity index (χ4v) is 1.70. The predicted molar refractivity (Wildman–Crippen MR) is 56.5 cm³/mol. The summed E-state index contributed by atoms with van der Waals surface area (Å²) in [6, 6.07) is 0. The van der Waals surface area contributed by atoms with Crippen LogP contribution in [0.2, 0.25) is 0 Å². The standard InChI is InChI=1S/C8H16N4OS/c1-12-7-10-11-8(12)14-6-4-9-3-5-13-2/h7,9H,3-6H2,1-2H3. The number of thioether (sulfide) groups is 1. The third kappa shape index (κ3) is 4.08. The van der Waals surface area contributed by atoms with Crippen LogP contribution >= 0.6 is 11.8 Å². The molecule has 1 N–H and O–H groups in total. The second kappa shape index (κ2) is 6.80. The van der Waals surface area contributed by atoms with Gasteiger partial charge >= 0.3 is 0 Å². The van der Waals surface area contributed by atoms with E-state index in [0.29, 0.717) is 0 Å². The van der Waals surface area contributed by atoms with Crippen LogP contribution in [0.25, 0.3) is 0 Å². The van der Waals surface area contributed by atoms with Crippen molar-refractivity contribution in [3.63, 3.8) is 0 Å². The Kier molecular flexibility index (Phi) is 5.58. The van der Waals surface area contributed by atoms with Gasteiger partial charge in [0.25, 0.3) is 0 Å². The molecule has 0 saturated heterocycles. The lowest BCUT2D eigenvalue weighted by Gasteiger charge is -2.02. The summed E-state index contributed by atoms with van der Waals surface area (Å²) in [4.78, 5) is 0. The van der Waals surface area contributed by atoms with Gasteiger partial charge < -0.3 is 14.6 Å². The van der Waals surface area contributed by atoms with E-state index >= 15 is 0 Å². The van der Waals surface area contributed by atoms with E-state index in [2.05, 4.69) is 15.5 Å².